The number of nitrogens with two attached hydrogens (primary N) is 1. The zero-order valence-electron chi connectivity index (χ0n) is 15.1. The maximum Gasteiger partial charge on any atom is 0.142 e. The molecule has 0 atom stereocenters. The smallest absolute Gasteiger partial charge is 0.142 e. The van der Waals surface area contributed by atoms with Crippen molar-refractivity contribution >= 4 is 11.5 Å². The van der Waals surface area contributed by atoms with Crippen molar-refractivity contribution in [1.29, 1.82) is 0 Å². The van der Waals surface area contributed by atoms with Crippen LogP contribution in [-0.2, 0) is 13.0 Å². The van der Waals surface area contributed by atoms with Gasteiger partial charge in [0.05, 0.1) is 12.8 Å². The highest BCUT2D eigenvalue weighted by Crippen LogP contribution is 2.28. The van der Waals surface area contributed by atoms with Gasteiger partial charge in [0.2, 0.25) is 0 Å². The SMILES string of the molecule is CCCc1ncc(CN2CCN(c3ccccc3OC)CC2)c(N)n1. The quantitative estimate of drug-likeness (QED) is 0.870. The molecular weight excluding hydrogens is 314 g/mol. The zero-order valence-corrected chi connectivity index (χ0v) is 15.1. The van der Waals surface area contributed by atoms with Crippen LogP contribution in [0.3, 0.4) is 0 Å². The molecule has 6 nitrogen and oxygen atoms in total. The fourth-order valence-electron chi connectivity index (χ4n) is 3.20. The Morgan fingerprint density at radius 3 is 2.60 bits per heavy atom. The van der Waals surface area contributed by atoms with E-state index in [2.05, 4.69) is 38.8 Å². The molecule has 0 radical (unpaired) electrons. The third kappa shape index (κ3) is 4.20. The number of benzene rings is 1. The van der Waals surface area contributed by atoms with Crippen LogP contribution in [0.4, 0.5) is 11.5 Å². The number of piperazine rings is 1. The van der Waals surface area contributed by atoms with Gasteiger partial charge < -0.3 is 15.4 Å². The lowest BCUT2D eigenvalue weighted by molar-refractivity contribution is 0.249. The van der Waals surface area contributed by atoms with Crippen LogP contribution in [0, 0.1) is 0 Å². The molecule has 134 valence electrons. The minimum absolute atomic E-state index is 0.616. The van der Waals surface area contributed by atoms with Crippen molar-refractivity contribution in [1.82, 2.24) is 14.9 Å². The number of nitrogen functional groups attached to an aromatic ring is 1. The first-order chi connectivity index (χ1) is 12.2. The Balaban J connectivity index is 1.59. The van der Waals surface area contributed by atoms with Gasteiger partial charge in [0.1, 0.15) is 17.4 Å². The molecule has 0 spiro atoms. The summed E-state index contributed by atoms with van der Waals surface area (Å²) >= 11 is 0. The van der Waals surface area contributed by atoms with Crippen LogP contribution >= 0.6 is 0 Å². The van der Waals surface area contributed by atoms with Crippen molar-refractivity contribution in [3.8, 4) is 5.75 Å². The second-order valence-corrected chi connectivity index (χ2v) is 6.38. The summed E-state index contributed by atoms with van der Waals surface area (Å²) in [7, 11) is 1.72. The van der Waals surface area contributed by atoms with Crippen LogP contribution in [0.15, 0.2) is 30.5 Å². The van der Waals surface area contributed by atoms with E-state index in [4.69, 9.17) is 10.5 Å². The number of methoxy groups -OCH3 is 1. The standard InChI is InChI=1S/C19H27N5O/c1-3-6-18-21-13-15(19(20)22-18)14-23-9-11-24(12-10-23)16-7-4-5-8-17(16)25-2/h4-5,7-8,13H,3,6,9-12,14H2,1-2H3,(H2,20,21,22). The Hall–Kier alpha value is -2.34. The number of para-hydroxylation sites is 2. The summed E-state index contributed by atoms with van der Waals surface area (Å²) in [4.78, 5) is 13.6. The van der Waals surface area contributed by atoms with E-state index in [0.29, 0.717) is 5.82 Å². The van der Waals surface area contributed by atoms with Crippen molar-refractivity contribution in [3.05, 3.63) is 41.9 Å². The first-order valence-corrected chi connectivity index (χ1v) is 8.92. The molecule has 25 heavy (non-hydrogen) atoms. The van der Waals surface area contributed by atoms with Gasteiger partial charge in [-0.1, -0.05) is 19.1 Å². The van der Waals surface area contributed by atoms with E-state index in [1.165, 1.54) is 0 Å². The van der Waals surface area contributed by atoms with Gasteiger partial charge in [-0.25, -0.2) is 9.97 Å². The third-order valence-corrected chi connectivity index (χ3v) is 4.61. The highest BCUT2D eigenvalue weighted by Gasteiger charge is 2.20. The molecule has 2 heterocycles. The van der Waals surface area contributed by atoms with E-state index >= 15 is 0 Å². The fourth-order valence-corrected chi connectivity index (χ4v) is 3.20. The molecule has 3 rings (SSSR count). The maximum atomic E-state index is 6.12. The zero-order chi connectivity index (χ0) is 17.6. The lowest BCUT2D eigenvalue weighted by Gasteiger charge is -2.36. The molecular formula is C19H27N5O. The lowest BCUT2D eigenvalue weighted by atomic mass is 10.2. The van der Waals surface area contributed by atoms with Crippen molar-refractivity contribution in [3.63, 3.8) is 0 Å². The summed E-state index contributed by atoms with van der Waals surface area (Å²) in [5.74, 6) is 2.38. The minimum Gasteiger partial charge on any atom is -0.495 e. The molecule has 1 saturated heterocycles. The molecule has 1 aromatic carbocycles. The highest BCUT2D eigenvalue weighted by molar-refractivity contribution is 5.58. The van der Waals surface area contributed by atoms with E-state index in [-0.39, 0.29) is 0 Å². The van der Waals surface area contributed by atoms with Crippen LogP contribution in [0.25, 0.3) is 0 Å². The first kappa shape index (κ1) is 17.5. The van der Waals surface area contributed by atoms with Crippen molar-refractivity contribution in [2.24, 2.45) is 0 Å². The average molecular weight is 341 g/mol. The van der Waals surface area contributed by atoms with Crippen molar-refractivity contribution in [2.45, 2.75) is 26.3 Å². The first-order valence-electron chi connectivity index (χ1n) is 8.92. The Morgan fingerprint density at radius 2 is 1.92 bits per heavy atom. The maximum absolute atomic E-state index is 6.12. The van der Waals surface area contributed by atoms with Gasteiger partial charge in [-0.15, -0.1) is 0 Å². The van der Waals surface area contributed by atoms with Crippen LogP contribution < -0.4 is 15.4 Å². The Kier molecular flexibility index (Phi) is 5.71. The second-order valence-electron chi connectivity index (χ2n) is 6.38. The normalized spacial score (nSPS) is 15.4. The van der Waals surface area contributed by atoms with Crippen LogP contribution in [0.2, 0.25) is 0 Å². The van der Waals surface area contributed by atoms with Gasteiger partial charge >= 0.3 is 0 Å². The second kappa shape index (κ2) is 8.16. The number of aryl methyl sites for hydroxylation is 1. The Labute approximate surface area is 149 Å². The minimum atomic E-state index is 0.616. The molecule has 0 unspecified atom stereocenters. The third-order valence-electron chi connectivity index (χ3n) is 4.61. The number of hydrogen-bond acceptors (Lipinski definition) is 6. The summed E-state index contributed by atoms with van der Waals surface area (Å²) < 4.78 is 5.48. The molecule has 0 amide bonds. The number of nitrogens with zero attached hydrogens (tertiary/aromatic N) is 4. The largest absolute Gasteiger partial charge is 0.495 e. The Bertz CT molecular complexity index is 698. The van der Waals surface area contributed by atoms with Crippen LogP contribution in [0.5, 0.6) is 5.75 Å². The summed E-state index contributed by atoms with van der Waals surface area (Å²) in [6.07, 6.45) is 3.80. The number of ether oxygens (including phenoxy) is 1. The predicted octanol–water partition coefficient (Wildman–Crippen LogP) is 2.34. The topological polar surface area (TPSA) is 67.5 Å². The molecule has 1 aliphatic heterocycles. The summed E-state index contributed by atoms with van der Waals surface area (Å²) in [6.45, 7) is 6.82. The molecule has 0 saturated carbocycles. The number of hydrogen-bond donors (Lipinski definition) is 1. The van der Waals surface area contributed by atoms with Gasteiger partial charge in [-0.05, 0) is 18.6 Å². The average Bonchev–Trinajstić information content (AvgIpc) is 2.65. The summed E-state index contributed by atoms with van der Waals surface area (Å²) in [5, 5.41) is 0. The molecule has 2 aromatic rings. The molecule has 1 fully saturated rings. The van der Waals surface area contributed by atoms with E-state index in [1.807, 2.05) is 18.3 Å². The fraction of sp³-hybridized carbons (Fsp3) is 0.474. The molecule has 0 aliphatic carbocycles. The van der Waals surface area contributed by atoms with Gasteiger partial charge in [-0.2, -0.15) is 0 Å². The van der Waals surface area contributed by atoms with E-state index in [9.17, 15) is 0 Å². The molecule has 1 aliphatic rings. The van der Waals surface area contributed by atoms with Crippen molar-refractivity contribution in [2.75, 3.05) is 43.9 Å². The summed E-state index contributed by atoms with van der Waals surface area (Å²) in [5.41, 5.74) is 8.30. The lowest BCUT2D eigenvalue weighted by Crippen LogP contribution is -2.46. The van der Waals surface area contributed by atoms with Gasteiger partial charge in [0.15, 0.2) is 0 Å². The van der Waals surface area contributed by atoms with Gasteiger partial charge in [0, 0.05) is 50.9 Å². The van der Waals surface area contributed by atoms with E-state index in [1.54, 1.807) is 7.11 Å². The highest BCUT2D eigenvalue weighted by atomic mass is 16.5. The molecule has 1 aromatic heterocycles. The van der Waals surface area contributed by atoms with E-state index < -0.39 is 0 Å². The number of anilines is 2. The summed E-state index contributed by atoms with van der Waals surface area (Å²) in [6, 6.07) is 8.19. The van der Waals surface area contributed by atoms with Gasteiger partial charge in [-0.3, -0.25) is 4.90 Å². The van der Waals surface area contributed by atoms with Crippen LogP contribution in [0.1, 0.15) is 24.7 Å². The molecule has 6 heteroatoms. The Morgan fingerprint density at radius 1 is 1.16 bits per heavy atom. The molecule has 0 bridgehead atoms. The molecule has 2 N–H and O–H groups in total. The van der Waals surface area contributed by atoms with Crippen LogP contribution in [-0.4, -0.2) is 48.2 Å². The van der Waals surface area contributed by atoms with Gasteiger partial charge in [0.25, 0.3) is 0 Å². The number of rotatable bonds is 6. The van der Waals surface area contributed by atoms with Crippen molar-refractivity contribution < 1.29 is 4.74 Å². The van der Waals surface area contributed by atoms with E-state index in [0.717, 1.165) is 68.4 Å². The predicted molar refractivity (Wildman–Crippen MR) is 101 cm³/mol. The number of aromatic nitrogens is 2. The monoisotopic (exact) mass is 341 g/mol.